The van der Waals surface area contributed by atoms with Crippen LogP contribution >= 0.6 is 0 Å². The number of hydrogen-bond acceptors (Lipinski definition) is 5. The third-order valence-corrected chi connectivity index (χ3v) is 6.70. The molecule has 5 saturated carbocycles. The summed E-state index contributed by atoms with van der Waals surface area (Å²) in [5, 5.41) is 0. The van der Waals surface area contributed by atoms with Crippen LogP contribution in [0.25, 0.3) is 0 Å². The fourth-order valence-electron chi connectivity index (χ4n) is 6.86. The Morgan fingerprint density at radius 1 is 1.00 bits per heavy atom. The summed E-state index contributed by atoms with van der Waals surface area (Å²) in [4.78, 5) is 35.6. The lowest BCUT2D eigenvalue weighted by Crippen LogP contribution is -2.61. The van der Waals surface area contributed by atoms with Gasteiger partial charge in [-0.2, -0.15) is 0 Å². The van der Waals surface area contributed by atoms with Crippen molar-refractivity contribution in [1.29, 1.82) is 0 Å². The lowest BCUT2D eigenvalue weighted by molar-refractivity contribution is -0.280. The van der Waals surface area contributed by atoms with E-state index in [1.807, 2.05) is 0 Å². The molecule has 5 nitrogen and oxygen atoms in total. The minimum absolute atomic E-state index is 0.0301. The molecule has 0 heterocycles. The molecular formula is C15H16O5. The van der Waals surface area contributed by atoms with Crippen molar-refractivity contribution in [3.63, 3.8) is 0 Å². The van der Waals surface area contributed by atoms with Gasteiger partial charge in [-0.25, -0.2) is 0 Å². The summed E-state index contributed by atoms with van der Waals surface area (Å²) in [6, 6.07) is 0. The molecule has 0 unspecified atom stereocenters. The zero-order valence-electron chi connectivity index (χ0n) is 11.4. The van der Waals surface area contributed by atoms with Crippen LogP contribution in [0.15, 0.2) is 0 Å². The van der Waals surface area contributed by atoms with Crippen LogP contribution in [0.2, 0.25) is 0 Å². The van der Waals surface area contributed by atoms with Gasteiger partial charge < -0.3 is 9.47 Å². The highest BCUT2D eigenvalue weighted by Crippen LogP contribution is 2.84. The average Bonchev–Trinajstić information content (AvgIpc) is 2.77. The minimum atomic E-state index is -1.14. The Balaban J connectivity index is 1.67. The molecule has 0 radical (unpaired) electrons. The fraction of sp³-hybridized carbons (Fsp3) is 0.800. The number of fused-ring (bicyclic) bond motifs is 2. The normalized spacial score (nSPS) is 54.2. The number of Topliss-reactive ketones (excluding diaryl/α,β-unsaturated/α-hetero) is 1. The molecule has 2 bridgehead atoms. The van der Waals surface area contributed by atoms with E-state index < -0.39 is 17.7 Å². The molecule has 5 fully saturated rings. The quantitative estimate of drug-likeness (QED) is 0.550. The zero-order chi connectivity index (χ0) is 14.0. The van der Waals surface area contributed by atoms with Crippen molar-refractivity contribution in [3.05, 3.63) is 0 Å². The first kappa shape index (κ1) is 11.3. The van der Waals surface area contributed by atoms with E-state index in [2.05, 4.69) is 0 Å². The second kappa shape index (κ2) is 2.95. The summed E-state index contributed by atoms with van der Waals surface area (Å²) in [5.41, 5.74) is 0. The van der Waals surface area contributed by atoms with Crippen LogP contribution in [0.5, 0.6) is 0 Å². The molecule has 0 aliphatic heterocycles. The molecule has 0 spiro atoms. The minimum Gasteiger partial charge on any atom is -0.422 e. The lowest BCUT2D eigenvalue weighted by atomic mass is 9.58. The largest absolute Gasteiger partial charge is 0.422 e. The Bertz CT molecular complexity index is 565. The molecule has 106 valence electrons. The standard InChI is InChI=1S/C15H16O5/c1-4(16)19-15(20-5(2)17)12-7-3-6-8-9(7)13(15)11(8)14(18)10(6)12/h6-13H,3H2,1-2H3/t6-,7-,8-,9+,10-,11+,12-,13-/m0/s1. The summed E-state index contributed by atoms with van der Waals surface area (Å²) >= 11 is 0. The van der Waals surface area contributed by atoms with Crippen molar-refractivity contribution in [2.45, 2.75) is 26.1 Å². The molecular weight excluding hydrogens is 260 g/mol. The first-order chi connectivity index (χ1) is 9.47. The number of esters is 2. The van der Waals surface area contributed by atoms with Crippen LogP contribution in [0.3, 0.4) is 0 Å². The summed E-state index contributed by atoms with van der Waals surface area (Å²) < 4.78 is 11.2. The van der Waals surface area contributed by atoms with Gasteiger partial charge in [0.15, 0.2) is 0 Å². The number of hydrogen-bond donors (Lipinski definition) is 0. The maximum Gasteiger partial charge on any atom is 0.305 e. The molecule has 5 heteroatoms. The van der Waals surface area contributed by atoms with Gasteiger partial charge in [0.2, 0.25) is 0 Å². The average molecular weight is 276 g/mol. The second-order valence-electron chi connectivity index (χ2n) is 7.13. The Labute approximate surface area is 116 Å². The van der Waals surface area contributed by atoms with Crippen LogP contribution < -0.4 is 0 Å². The lowest BCUT2D eigenvalue weighted by Gasteiger charge is -2.50. The number of rotatable bonds is 2. The first-order valence-electron chi connectivity index (χ1n) is 7.40. The van der Waals surface area contributed by atoms with Gasteiger partial charge in [-0.15, -0.1) is 0 Å². The number of ketones is 1. The Hall–Kier alpha value is -1.39. The monoisotopic (exact) mass is 276 g/mol. The molecule has 20 heavy (non-hydrogen) atoms. The van der Waals surface area contributed by atoms with E-state index in [0.717, 1.165) is 6.42 Å². The van der Waals surface area contributed by atoms with E-state index in [1.54, 1.807) is 0 Å². The Morgan fingerprint density at radius 2 is 1.65 bits per heavy atom. The van der Waals surface area contributed by atoms with Crippen LogP contribution in [0, 0.1) is 47.3 Å². The third-order valence-electron chi connectivity index (χ3n) is 6.70. The maximum absolute atomic E-state index is 12.5. The van der Waals surface area contributed by atoms with Crippen molar-refractivity contribution in [2.75, 3.05) is 0 Å². The van der Waals surface area contributed by atoms with Gasteiger partial charge in [-0.05, 0) is 30.1 Å². The SMILES string of the molecule is CC(=O)OC1(OC(C)=O)[C@@H]2[C@@H]3C(=O)[C@H]4[C@H]5C[C@@H]([C@@H]2[C@H]53)[C@@H]41. The summed E-state index contributed by atoms with van der Waals surface area (Å²) in [5.74, 6) is -0.108. The van der Waals surface area contributed by atoms with Gasteiger partial charge in [0.05, 0.1) is 5.92 Å². The molecule has 5 aliphatic rings. The van der Waals surface area contributed by atoms with E-state index in [0.29, 0.717) is 29.5 Å². The third kappa shape index (κ3) is 0.860. The highest BCUT2D eigenvalue weighted by Gasteiger charge is 2.90. The molecule has 5 rings (SSSR count). The van der Waals surface area contributed by atoms with Crippen molar-refractivity contribution in [3.8, 4) is 0 Å². The number of carbonyl (C=O) groups excluding carboxylic acids is 3. The molecule has 0 saturated heterocycles. The van der Waals surface area contributed by atoms with Gasteiger partial charge >= 0.3 is 11.9 Å². The van der Waals surface area contributed by atoms with Crippen LogP contribution in [-0.4, -0.2) is 23.5 Å². The number of carbonyl (C=O) groups is 3. The van der Waals surface area contributed by atoms with Gasteiger partial charge in [-0.1, -0.05) is 0 Å². The van der Waals surface area contributed by atoms with E-state index in [-0.39, 0.29) is 23.7 Å². The molecule has 0 aromatic heterocycles. The molecule has 5 aliphatic carbocycles. The van der Waals surface area contributed by atoms with Crippen molar-refractivity contribution in [2.24, 2.45) is 47.3 Å². The maximum atomic E-state index is 12.5. The van der Waals surface area contributed by atoms with Crippen LogP contribution in [0.1, 0.15) is 20.3 Å². The summed E-state index contributed by atoms with van der Waals surface area (Å²) in [7, 11) is 0. The fourth-order valence-corrected chi connectivity index (χ4v) is 6.86. The smallest absolute Gasteiger partial charge is 0.305 e. The predicted octanol–water partition coefficient (Wildman–Crippen LogP) is 0.766. The van der Waals surface area contributed by atoms with E-state index in [9.17, 15) is 14.4 Å². The van der Waals surface area contributed by atoms with Gasteiger partial charge in [0.25, 0.3) is 5.79 Å². The highest BCUT2D eigenvalue weighted by atomic mass is 16.7. The zero-order valence-corrected chi connectivity index (χ0v) is 11.4. The van der Waals surface area contributed by atoms with Crippen LogP contribution in [0.4, 0.5) is 0 Å². The van der Waals surface area contributed by atoms with Gasteiger partial charge in [-0.3, -0.25) is 14.4 Å². The molecule has 0 aromatic rings. The molecule has 0 N–H and O–H groups in total. The van der Waals surface area contributed by atoms with Crippen molar-refractivity contribution in [1.82, 2.24) is 0 Å². The molecule has 0 aromatic carbocycles. The van der Waals surface area contributed by atoms with Crippen molar-refractivity contribution >= 4 is 17.7 Å². The summed E-state index contributed by atoms with van der Waals surface area (Å²) in [6.45, 7) is 2.70. The van der Waals surface area contributed by atoms with Crippen LogP contribution in [-0.2, 0) is 23.9 Å². The summed E-state index contributed by atoms with van der Waals surface area (Å²) in [6.07, 6.45) is 1.05. The highest BCUT2D eigenvalue weighted by molar-refractivity contribution is 5.92. The van der Waals surface area contributed by atoms with E-state index in [4.69, 9.17) is 9.47 Å². The predicted molar refractivity (Wildman–Crippen MR) is 63.8 cm³/mol. The van der Waals surface area contributed by atoms with E-state index >= 15 is 0 Å². The number of ether oxygens (including phenoxy) is 2. The van der Waals surface area contributed by atoms with Gasteiger partial charge in [0, 0.05) is 31.6 Å². The molecule has 0 amide bonds. The first-order valence-corrected chi connectivity index (χ1v) is 7.40. The van der Waals surface area contributed by atoms with Crippen molar-refractivity contribution < 1.29 is 23.9 Å². The van der Waals surface area contributed by atoms with Gasteiger partial charge in [0.1, 0.15) is 5.78 Å². The Kier molecular flexibility index (Phi) is 1.66. The topological polar surface area (TPSA) is 69.7 Å². The van der Waals surface area contributed by atoms with E-state index in [1.165, 1.54) is 13.8 Å². The second-order valence-corrected chi connectivity index (χ2v) is 7.13. The Morgan fingerprint density at radius 3 is 2.25 bits per heavy atom. The molecule has 8 atom stereocenters.